The molecule has 3 heteroatoms. The van der Waals surface area contributed by atoms with Gasteiger partial charge in [0.25, 0.3) is 0 Å². The molecular weight excluding hydrogens is 168 g/mol. The molecule has 0 saturated carbocycles. The first-order valence-electron chi connectivity index (χ1n) is 4.34. The predicted molar refractivity (Wildman–Crippen MR) is 49.3 cm³/mol. The molecule has 0 aromatic heterocycles. The minimum absolute atomic E-state index is 0.133. The van der Waals surface area contributed by atoms with Crippen LogP contribution in [0, 0.1) is 5.41 Å². The molecule has 1 aliphatic heterocycles. The van der Waals surface area contributed by atoms with Gasteiger partial charge in [-0.25, -0.2) is 4.79 Å². The summed E-state index contributed by atoms with van der Waals surface area (Å²) < 4.78 is 5.21. The molecule has 0 aromatic carbocycles. The predicted octanol–water partition coefficient (Wildman–Crippen LogP) is 2.18. The van der Waals surface area contributed by atoms with Crippen LogP contribution in [-0.4, -0.2) is 16.7 Å². The highest BCUT2D eigenvalue weighted by Gasteiger charge is 2.48. The van der Waals surface area contributed by atoms with Crippen molar-refractivity contribution in [3.63, 3.8) is 0 Å². The molecule has 0 spiro atoms. The van der Waals surface area contributed by atoms with Crippen LogP contribution in [0.25, 0.3) is 0 Å². The van der Waals surface area contributed by atoms with Gasteiger partial charge in [-0.1, -0.05) is 0 Å². The summed E-state index contributed by atoms with van der Waals surface area (Å²) in [7, 11) is 0. The third kappa shape index (κ3) is 1.23. The zero-order chi connectivity index (χ0) is 10.4. The maximum absolute atomic E-state index is 11.3. The van der Waals surface area contributed by atoms with Crippen molar-refractivity contribution in [1.82, 2.24) is 0 Å². The normalized spacial score (nSPS) is 25.8. The number of ether oxygens (including phenoxy) is 1. The molecule has 1 rings (SSSR count). The first-order valence-corrected chi connectivity index (χ1v) is 4.34. The molecule has 13 heavy (non-hydrogen) atoms. The second-order valence-corrected chi connectivity index (χ2v) is 4.50. The van der Waals surface area contributed by atoms with Crippen LogP contribution in [0.15, 0.2) is 11.3 Å². The molecule has 0 aliphatic carbocycles. The monoisotopic (exact) mass is 184 g/mol. The fraction of sp³-hybridized carbons (Fsp3) is 0.700. The number of carbonyl (C=O) groups is 1. The Morgan fingerprint density at radius 1 is 1.23 bits per heavy atom. The molecule has 3 nitrogen and oxygen atoms in total. The Hall–Kier alpha value is -0.990. The van der Waals surface area contributed by atoms with Crippen LogP contribution in [-0.2, 0) is 9.53 Å². The van der Waals surface area contributed by atoms with Crippen molar-refractivity contribution in [2.24, 2.45) is 5.41 Å². The molecular formula is C10H16O3. The van der Waals surface area contributed by atoms with E-state index in [-0.39, 0.29) is 5.76 Å². The van der Waals surface area contributed by atoms with Crippen LogP contribution >= 0.6 is 0 Å². The summed E-state index contributed by atoms with van der Waals surface area (Å²) in [6.07, 6.45) is 0. The number of cyclic esters (lactones) is 1. The van der Waals surface area contributed by atoms with Gasteiger partial charge in [-0.15, -0.1) is 0 Å². The first kappa shape index (κ1) is 10.1. The molecule has 0 bridgehead atoms. The molecule has 0 radical (unpaired) electrons. The molecule has 0 unspecified atom stereocenters. The minimum Gasteiger partial charge on any atom is -0.511 e. The van der Waals surface area contributed by atoms with Crippen molar-refractivity contribution >= 4 is 5.97 Å². The van der Waals surface area contributed by atoms with Gasteiger partial charge >= 0.3 is 5.97 Å². The van der Waals surface area contributed by atoms with E-state index in [1.54, 1.807) is 20.8 Å². The number of esters is 1. The van der Waals surface area contributed by atoms with E-state index >= 15 is 0 Å². The van der Waals surface area contributed by atoms with Crippen LogP contribution < -0.4 is 0 Å². The fourth-order valence-corrected chi connectivity index (χ4v) is 1.29. The number of carbonyl (C=O) groups excluding carboxylic acids is 1. The van der Waals surface area contributed by atoms with Gasteiger partial charge in [-0.05, 0) is 34.6 Å². The smallest absolute Gasteiger partial charge is 0.337 e. The zero-order valence-electron chi connectivity index (χ0n) is 8.76. The lowest BCUT2D eigenvalue weighted by atomic mass is 9.72. The lowest BCUT2D eigenvalue weighted by Crippen LogP contribution is -2.48. The second kappa shape index (κ2) is 2.50. The van der Waals surface area contributed by atoms with Gasteiger partial charge in [0.15, 0.2) is 0 Å². The topological polar surface area (TPSA) is 46.5 Å². The summed E-state index contributed by atoms with van der Waals surface area (Å²) in [4.78, 5) is 11.3. The van der Waals surface area contributed by atoms with Crippen LogP contribution in [0.5, 0.6) is 0 Å². The van der Waals surface area contributed by atoms with Crippen LogP contribution in [0.3, 0.4) is 0 Å². The number of aliphatic hydroxyl groups is 1. The van der Waals surface area contributed by atoms with Crippen LogP contribution in [0.1, 0.15) is 34.6 Å². The van der Waals surface area contributed by atoms with Gasteiger partial charge in [0.2, 0.25) is 0 Å². The Balaban J connectivity index is 3.29. The summed E-state index contributed by atoms with van der Waals surface area (Å²) >= 11 is 0. The van der Waals surface area contributed by atoms with E-state index < -0.39 is 17.0 Å². The molecule has 0 saturated heterocycles. The lowest BCUT2D eigenvalue weighted by Gasteiger charge is -2.43. The SMILES string of the molecule is CC1=C(O)C(C)(C)C(C)(C)OC1=O. The zero-order valence-corrected chi connectivity index (χ0v) is 8.76. The summed E-state index contributed by atoms with van der Waals surface area (Å²) in [5.41, 5.74) is -0.872. The highest BCUT2D eigenvalue weighted by molar-refractivity contribution is 5.90. The Morgan fingerprint density at radius 2 is 1.69 bits per heavy atom. The number of aliphatic hydroxyl groups excluding tert-OH is 1. The number of hydrogen-bond donors (Lipinski definition) is 1. The van der Waals surface area contributed by atoms with Gasteiger partial charge in [0.1, 0.15) is 11.4 Å². The van der Waals surface area contributed by atoms with Crippen molar-refractivity contribution < 1.29 is 14.6 Å². The van der Waals surface area contributed by atoms with E-state index in [4.69, 9.17) is 4.74 Å². The van der Waals surface area contributed by atoms with Gasteiger partial charge in [0.05, 0.1) is 11.0 Å². The minimum atomic E-state index is -0.659. The van der Waals surface area contributed by atoms with Crippen molar-refractivity contribution in [3.05, 3.63) is 11.3 Å². The molecule has 1 aliphatic rings. The van der Waals surface area contributed by atoms with Gasteiger partial charge in [-0.3, -0.25) is 0 Å². The average molecular weight is 184 g/mol. The molecule has 0 fully saturated rings. The molecule has 74 valence electrons. The lowest BCUT2D eigenvalue weighted by molar-refractivity contribution is -0.168. The van der Waals surface area contributed by atoms with Crippen LogP contribution in [0.4, 0.5) is 0 Å². The van der Waals surface area contributed by atoms with E-state index in [1.165, 1.54) is 0 Å². The van der Waals surface area contributed by atoms with Crippen molar-refractivity contribution in [3.8, 4) is 0 Å². The highest BCUT2D eigenvalue weighted by atomic mass is 16.6. The average Bonchev–Trinajstić information content (AvgIpc) is 1.98. The van der Waals surface area contributed by atoms with Crippen LogP contribution in [0.2, 0.25) is 0 Å². The molecule has 1 N–H and O–H groups in total. The van der Waals surface area contributed by atoms with Gasteiger partial charge < -0.3 is 9.84 Å². The first-order chi connectivity index (χ1) is 5.70. The Bertz CT molecular complexity index is 285. The third-order valence-corrected chi connectivity index (χ3v) is 3.11. The second-order valence-electron chi connectivity index (χ2n) is 4.50. The Labute approximate surface area is 78.4 Å². The summed E-state index contributed by atoms with van der Waals surface area (Å²) in [6.45, 7) is 8.90. The Kier molecular flexibility index (Phi) is 1.94. The van der Waals surface area contributed by atoms with E-state index in [2.05, 4.69) is 0 Å². The van der Waals surface area contributed by atoms with Gasteiger partial charge in [0, 0.05) is 0 Å². The highest BCUT2D eigenvalue weighted by Crippen LogP contribution is 2.44. The van der Waals surface area contributed by atoms with Crippen molar-refractivity contribution in [2.45, 2.75) is 40.2 Å². The maximum Gasteiger partial charge on any atom is 0.337 e. The molecule has 0 aromatic rings. The largest absolute Gasteiger partial charge is 0.511 e. The maximum atomic E-state index is 11.3. The number of rotatable bonds is 0. The number of hydrogen-bond acceptors (Lipinski definition) is 3. The van der Waals surface area contributed by atoms with E-state index in [0.717, 1.165) is 0 Å². The summed E-state index contributed by atoms with van der Waals surface area (Å²) in [5.74, 6) is -0.296. The fourth-order valence-electron chi connectivity index (χ4n) is 1.29. The third-order valence-electron chi connectivity index (χ3n) is 3.11. The van der Waals surface area contributed by atoms with Crippen molar-refractivity contribution in [1.29, 1.82) is 0 Å². The van der Waals surface area contributed by atoms with Crippen molar-refractivity contribution in [2.75, 3.05) is 0 Å². The Morgan fingerprint density at radius 3 is 2.15 bits per heavy atom. The summed E-state index contributed by atoms with van der Waals surface area (Å²) in [6, 6.07) is 0. The molecule has 0 amide bonds. The standard InChI is InChI=1S/C10H16O3/c1-6-7(11)9(2,3)10(4,5)13-8(6)12/h11H,1-5H3. The van der Waals surface area contributed by atoms with E-state index in [0.29, 0.717) is 5.57 Å². The summed E-state index contributed by atoms with van der Waals surface area (Å²) in [5, 5.41) is 9.79. The quantitative estimate of drug-likeness (QED) is 0.587. The van der Waals surface area contributed by atoms with Gasteiger partial charge in [-0.2, -0.15) is 0 Å². The molecule has 1 heterocycles. The van der Waals surface area contributed by atoms with E-state index in [1.807, 2.05) is 13.8 Å². The molecule has 0 atom stereocenters. The van der Waals surface area contributed by atoms with E-state index in [9.17, 15) is 9.90 Å².